The van der Waals surface area contributed by atoms with Crippen molar-refractivity contribution in [3.8, 4) is 5.69 Å². The largest absolute Gasteiger partial charge is 0.323 e. The Morgan fingerprint density at radius 3 is 2.68 bits per heavy atom. The number of nitrogens with one attached hydrogen (secondary N) is 1. The van der Waals surface area contributed by atoms with Crippen molar-refractivity contribution < 1.29 is 13.6 Å². The lowest BCUT2D eigenvalue weighted by atomic mass is 10.1. The standard InChI is InChI=1S/C19H19F2N5OS/c1-2-3-4-13-5-8-15(9-6-13)26-19(23-24-25-26)28-12-18(27)22-17-10-7-14(20)11-16(17)21/h5-11H,2-4,12H2,1H3,(H,22,27). The van der Waals surface area contributed by atoms with Crippen molar-refractivity contribution in [2.24, 2.45) is 0 Å². The van der Waals surface area contributed by atoms with Crippen LogP contribution in [0.4, 0.5) is 14.5 Å². The molecule has 146 valence electrons. The first kappa shape index (κ1) is 19.9. The number of aryl methyl sites for hydroxylation is 1. The second-order valence-corrected chi connectivity index (χ2v) is 7.05. The number of thioether (sulfide) groups is 1. The number of carbonyl (C=O) groups is 1. The third kappa shape index (κ3) is 5.13. The molecular formula is C19H19F2N5OS. The van der Waals surface area contributed by atoms with E-state index in [9.17, 15) is 13.6 Å². The molecule has 0 bridgehead atoms. The van der Waals surface area contributed by atoms with E-state index in [1.54, 1.807) is 4.68 Å². The summed E-state index contributed by atoms with van der Waals surface area (Å²) in [5.41, 5.74) is 1.96. The molecule has 3 aromatic rings. The van der Waals surface area contributed by atoms with Gasteiger partial charge in [0.1, 0.15) is 11.6 Å². The monoisotopic (exact) mass is 403 g/mol. The van der Waals surface area contributed by atoms with Crippen LogP contribution in [0.15, 0.2) is 47.6 Å². The Bertz CT molecular complexity index is 946. The Labute approximate surface area is 165 Å². The van der Waals surface area contributed by atoms with Gasteiger partial charge in [-0.2, -0.15) is 4.68 Å². The van der Waals surface area contributed by atoms with Crippen molar-refractivity contribution in [2.45, 2.75) is 31.3 Å². The Kier molecular flexibility index (Phi) is 6.70. The van der Waals surface area contributed by atoms with Crippen LogP contribution in [0.1, 0.15) is 25.3 Å². The molecular weight excluding hydrogens is 384 g/mol. The SMILES string of the molecule is CCCCc1ccc(-n2nnnc2SCC(=O)Nc2ccc(F)cc2F)cc1. The molecule has 9 heteroatoms. The van der Waals surface area contributed by atoms with Gasteiger partial charge in [0, 0.05) is 6.07 Å². The molecule has 6 nitrogen and oxygen atoms in total. The minimum Gasteiger partial charge on any atom is -0.323 e. The summed E-state index contributed by atoms with van der Waals surface area (Å²) in [5, 5.41) is 14.4. The molecule has 0 atom stereocenters. The van der Waals surface area contributed by atoms with E-state index >= 15 is 0 Å². The fraction of sp³-hybridized carbons (Fsp3) is 0.263. The molecule has 1 N–H and O–H groups in total. The number of aromatic nitrogens is 4. The van der Waals surface area contributed by atoms with Crippen LogP contribution in [0.5, 0.6) is 0 Å². The van der Waals surface area contributed by atoms with Gasteiger partial charge >= 0.3 is 0 Å². The number of unbranched alkanes of at least 4 members (excludes halogenated alkanes) is 1. The van der Waals surface area contributed by atoms with Gasteiger partial charge in [0.15, 0.2) is 0 Å². The molecule has 0 spiro atoms. The van der Waals surface area contributed by atoms with Crippen LogP contribution >= 0.6 is 11.8 Å². The third-order valence-electron chi connectivity index (χ3n) is 3.98. The fourth-order valence-corrected chi connectivity index (χ4v) is 3.21. The maximum absolute atomic E-state index is 13.6. The van der Waals surface area contributed by atoms with Crippen molar-refractivity contribution in [1.29, 1.82) is 0 Å². The highest BCUT2D eigenvalue weighted by Gasteiger charge is 2.13. The lowest BCUT2D eigenvalue weighted by Gasteiger charge is -2.07. The molecule has 0 saturated carbocycles. The normalized spacial score (nSPS) is 10.8. The molecule has 0 radical (unpaired) electrons. The van der Waals surface area contributed by atoms with Gasteiger partial charge in [0.25, 0.3) is 0 Å². The number of benzene rings is 2. The maximum Gasteiger partial charge on any atom is 0.234 e. The zero-order valence-electron chi connectivity index (χ0n) is 15.2. The summed E-state index contributed by atoms with van der Waals surface area (Å²) in [7, 11) is 0. The summed E-state index contributed by atoms with van der Waals surface area (Å²) in [6, 6.07) is 10.9. The summed E-state index contributed by atoms with van der Waals surface area (Å²) in [6.07, 6.45) is 3.29. The topological polar surface area (TPSA) is 72.7 Å². The van der Waals surface area contributed by atoms with Gasteiger partial charge in [-0.1, -0.05) is 37.2 Å². The maximum atomic E-state index is 13.6. The van der Waals surface area contributed by atoms with Gasteiger partial charge in [-0.15, -0.1) is 5.10 Å². The molecule has 0 unspecified atom stereocenters. The van der Waals surface area contributed by atoms with Gasteiger partial charge in [0.05, 0.1) is 17.1 Å². The number of amides is 1. The first-order chi connectivity index (χ1) is 13.6. The Morgan fingerprint density at radius 2 is 1.96 bits per heavy atom. The van der Waals surface area contributed by atoms with Crippen molar-refractivity contribution in [3.05, 3.63) is 59.7 Å². The number of carbonyl (C=O) groups excluding carboxylic acids is 1. The second kappa shape index (κ2) is 9.41. The average Bonchev–Trinajstić information content (AvgIpc) is 3.16. The van der Waals surface area contributed by atoms with Crippen molar-refractivity contribution >= 4 is 23.4 Å². The van der Waals surface area contributed by atoms with E-state index in [-0.39, 0.29) is 11.4 Å². The van der Waals surface area contributed by atoms with Gasteiger partial charge in [-0.3, -0.25) is 4.79 Å². The molecule has 3 rings (SSSR count). The van der Waals surface area contributed by atoms with Crippen molar-refractivity contribution in [2.75, 3.05) is 11.1 Å². The smallest absolute Gasteiger partial charge is 0.234 e. The van der Waals surface area contributed by atoms with Gasteiger partial charge in [-0.05, 0) is 53.1 Å². The number of nitrogens with zero attached hydrogens (tertiary/aromatic N) is 4. The van der Waals surface area contributed by atoms with Gasteiger partial charge < -0.3 is 5.32 Å². The number of hydrogen-bond donors (Lipinski definition) is 1. The quantitative estimate of drug-likeness (QED) is 0.575. The van der Waals surface area contributed by atoms with Crippen LogP contribution in [0.2, 0.25) is 0 Å². The molecule has 1 aromatic heterocycles. The summed E-state index contributed by atoms with van der Waals surface area (Å²) >= 11 is 1.12. The summed E-state index contributed by atoms with van der Waals surface area (Å²) in [5.74, 6) is -2.00. The Balaban J connectivity index is 1.61. The second-order valence-electron chi connectivity index (χ2n) is 6.10. The molecule has 1 amide bonds. The van der Waals surface area contributed by atoms with Crippen LogP contribution in [0, 0.1) is 11.6 Å². The molecule has 28 heavy (non-hydrogen) atoms. The van der Waals surface area contributed by atoms with Crippen molar-refractivity contribution in [1.82, 2.24) is 20.2 Å². The highest BCUT2D eigenvalue weighted by atomic mass is 32.2. The number of rotatable bonds is 8. The molecule has 0 saturated heterocycles. The predicted octanol–water partition coefficient (Wildman–Crippen LogP) is 4.01. The van der Waals surface area contributed by atoms with E-state index < -0.39 is 17.5 Å². The average molecular weight is 403 g/mol. The first-order valence-corrected chi connectivity index (χ1v) is 9.80. The summed E-state index contributed by atoms with van der Waals surface area (Å²) in [6.45, 7) is 2.15. The van der Waals surface area contributed by atoms with Crippen LogP contribution in [-0.2, 0) is 11.2 Å². The van der Waals surface area contributed by atoms with E-state index in [1.807, 2.05) is 24.3 Å². The van der Waals surface area contributed by atoms with E-state index in [2.05, 4.69) is 27.8 Å². The van der Waals surface area contributed by atoms with Gasteiger partial charge in [0.2, 0.25) is 11.1 Å². The number of anilines is 1. The predicted molar refractivity (Wildman–Crippen MR) is 103 cm³/mol. The van der Waals surface area contributed by atoms with Crippen LogP contribution in [-0.4, -0.2) is 31.9 Å². The van der Waals surface area contributed by atoms with Crippen molar-refractivity contribution in [3.63, 3.8) is 0 Å². The minimum absolute atomic E-state index is 0.0221. The van der Waals surface area contributed by atoms with E-state index in [1.165, 1.54) is 11.6 Å². The first-order valence-electron chi connectivity index (χ1n) is 8.82. The number of hydrogen-bond acceptors (Lipinski definition) is 5. The summed E-state index contributed by atoms with van der Waals surface area (Å²) in [4.78, 5) is 12.1. The fourth-order valence-electron chi connectivity index (χ4n) is 2.52. The van der Waals surface area contributed by atoms with E-state index in [0.29, 0.717) is 11.2 Å². The number of tetrazole rings is 1. The zero-order valence-corrected chi connectivity index (χ0v) is 16.0. The third-order valence-corrected chi connectivity index (χ3v) is 4.90. The highest BCUT2D eigenvalue weighted by molar-refractivity contribution is 7.99. The molecule has 0 aliphatic heterocycles. The lowest BCUT2D eigenvalue weighted by molar-refractivity contribution is -0.113. The summed E-state index contributed by atoms with van der Waals surface area (Å²) < 4.78 is 28.1. The van der Waals surface area contributed by atoms with E-state index in [0.717, 1.165) is 42.8 Å². The molecule has 0 aliphatic rings. The highest BCUT2D eigenvalue weighted by Crippen LogP contribution is 2.20. The minimum atomic E-state index is -0.827. The number of halogens is 2. The molecule has 0 fully saturated rings. The van der Waals surface area contributed by atoms with Crippen LogP contribution in [0.25, 0.3) is 5.69 Å². The lowest BCUT2D eigenvalue weighted by Crippen LogP contribution is -2.15. The Hall–Kier alpha value is -2.81. The molecule has 0 aliphatic carbocycles. The van der Waals surface area contributed by atoms with Crippen LogP contribution in [0.3, 0.4) is 0 Å². The zero-order chi connectivity index (χ0) is 19.9. The Morgan fingerprint density at radius 1 is 1.18 bits per heavy atom. The van der Waals surface area contributed by atoms with Crippen LogP contribution < -0.4 is 5.32 Å². The van der Waals surface area contributed by atoms with Gasteiger partial charge in [-0.25, -0.2) is 8.78 Å². The molecule has 1 heterocycles. The molecule has 2 aromatic carbocycles. The van der Waals surface area contributed by atoms with E-state index in [4.69, 9.17) is 0 Å².